The predicted octanol–water partition coefficient (Wildman–Crippen LogP) is 0.493. The molecule has 1 aromatic carbocycles. The number of nitrogens with zero attached hydrogens (tertiary/aromatic N) is 1. The lowest BCUT2D eigenvalue weighted by Crippen LogP contribution is -2.44. The highest BCUT2D eigenvalue weighted by molar-refractivity contribution is 6.22. The maximum absolute atomic E-state index is 12.3. The molecule has 0 unspecified atom stereocenters. The zero-order chi connectivity index (χ0) is 16.6. The molecule has 3 amide bonds. The van der Waals surface area contributed by atoms with Gasteiger partial charge < -0.3 is 10.1 Å². The average Bonchev–Trinajstić information content (AvgIpc) is 3.32. The Balaban J connectivity index is 1.62. The maximum Gasteiger partial charge on any atom is 0.329 e. The molecular weight excluding hydrogens is 300 g/mol. The Bertz CT molecular complexity index is 660. The van der Waals surface area contributed by atoms with Gasteiger partial charge in [0.05, 0.1) is 11.1 Å². The van der Waals surface area contributed by atoms with Crippen LogP contribution in [0.15, 0.2) is 24.3 Å². The molecule has 7 nitrogen and oxygen atoms in total. The van der Waals surface area contributed by atoms with E-state index in [1.807, 2.05) is 0 Å². The van der Waals surface area contributed by atoms with Crippen molar-refractivity contribution in [2.24, 2.45) is 0 Å². The number of hydrogen-bond acceptors (Lipinski definition) is 5. The highest BCUT2D eigenvalue weighted by Crippen LogP contribution is 2.24. The van der Waals surface area contributed by atoms with Gasteiger partial charge in [-0.2, -0.15) is 0 Å². The number of amides is 3. The third kappa shape index (κ3) is 2.94. The summed E-state index contributed by atoms with van der Waals surface area (Å²) in [5, 5.41) is 2.69. The number of carbonyl (C=O) groups is 4. The van der Waals surface area contributed by atoms with Crippen molar-refractivity contribution >= 4 is 23.7 Å². The van der Waals surface area contributed by atoms with Crippen LogP contribution in [0.3, 0.4) is 0 Å². The fourth-order valence-electron chi connectivity index (χ4n) is 2.42. The van der Waals surface area contributed by atoms with Crippen molar-refractivity contribution in [3.05, 3.63) is 35.4 Å². The first-order valence-electron chi connectivity index (χ1n) is 7.42. The van der Waals surface area contributed by atoms with Gasteiger partial charge in [-0.1, -0.05) is 12.1 Å². The molecule has 1 fully saturated rings. The van der Waals surface area contributed by atoms with Crippen LogP contribution in [0.2, 0.25) is 0 Å². The normalized spacial score (nSPS) is 17.7. The van der Waals surface area contributed by atoms with Gasteiger partial charge in [-0.25, -0.2) is 4.79 Å². The lowest BCUT2D eigenvalue weighted by molar-refractivity contribution is -0.151. The summed E-state index contributed by atoms with van der Waals surface area (Å²) in [6, 6.07) is 5.47. The molecule has 1 atom stereocenters. The first-order valence-corrected chi connectivity index (χ1v) is 7.42. The van der Waals surface area contributed by atoms with Gasteiger partial charge in [-0.05, 0) is 31.9 Å². The Kier molecular flexibility index (Phi) is 3.85. The number of ether oxygens (including phenoxy) is 1. The molecule has 120 valence electrons. The highest BCUT2D eigenvalue weighted by atomic mass is 16.5. The Morgan fingerprint density at radius 1 is 1.22 bits per heavy atom. The summed E-state index contributed by atoms with van der Waals surface area (Å²) >= 11 is 0. The molecule has 2 aliphatic rings. The summed E-state index contributed by atoms with van der Waals surface area (Å²) in [6.45, 7) is 0.992. The maximum atomic E-state index is 12.3. The molecule has 0 aromatic heterocycles. The van der Waals surface area contributed by atoms with Gasteiger partial charge in [0.25, 0.3) is 17.7 Å². The van der Waals surface area contributed by atoms with Crippen LogP contribution in [0.4, 0.5) is 0 Å². The van der Waals surface area contributed by atoms with Crippen LogP contribution in [0.5, 0.6) is 0 Å². The molecule has 0 saturated heterocycles. The minimum absolute atomic E-state index is 0.176. The number of fused-ring (bicyclic) bond motifs is 1. The topological polar surface area (TPSA) is 92.8 Å². The first-order chi connectivity index (χ1) is 11.0. The second-order valence-electron chi connectivity index (χ2n) is 5.65. The van der Waals surface area contributed by atoms with Crippen molar-refractivity contribution in [1.82, 2.24) is 10.2 Å². The Morgan fingerprint density at radius 3 is 2.30 bits per heavy atom. The van der Waals surface area contributed by atoms with Crippen molar-refractivity contribution in [2.45, 2.75) is 31.8 Å². The molecule has 1 heterocycles. The van der Waals surface area contributed by atoms with E-state index in [0.29, 0.717) is 0 Å². The van der Waals surface area contributed by atoms with Gasteiger partial charge in [-0.3, -0.25) is 19.3 Å². The Morgan fingerprint density at radius 2 is 1.78 bits per heavy atom. The fraction of sp³-hybridized carbons (Fsp3) is 0.375. The monoisotopic (exact) mass is 316 g/mol. The molecule has 1 aliphatic carbocycles. The molecule has 0 radical (unpaired) electrons. The van der Waals surface area contributed by atoms with E-state index in [9.17, 15) is 19.2 Å². The number of benzene rings is 1. The van der Waals surface area contributed by atoms with Gasteiger partial charge in [0, 0.05) is 6.04 Å². The Hall–Kier alpha value is -2.70. The fourth-order valence-corrected chi connectivity index (χ4v) is 2.42. The number of rotatable bonds is 5. The van der Waals surface area contributed by atoms with Gasteiger partial charge in [0.2, 0.25) is 0 Å². The molecule has 1 saturated carbocycles. The zero-order valence-corrected chi connectivity index (χ0v) is 12.6. The minimum atomic E-state index is -1.09. The minimum Gasteiger partial charge on any atom is -0.454 e. The van der Waals surface area contributed by atoms with Crippen LogP contribution in [0, 0.1) is 0 Å². The van der Waals surface area contributed by atoms with Crippen molar-refractivity contribution < 1.29 is 23.9 Å². The smallest absolute Gasteiger partial charge is 0.329 e. The van der Waals surface area contributed by atoms with E-state index < -0.39 is 30.4 Å². The summed E-state index contributed by atoms with van der Waals surface area (Å²) in [5.41, 5.74) is 0.534. The SMILES string of the molecule is C[C@H](C(=O)OCC(=O)NC1CC1)N1C(=O)c2ccccc2C1=O. The molecule has 1 N–H and O–H groups in total. The van der Waals surface area contributed by atoms with Gasteiger partial charge in [0.15, 0.2) is 6.61 Å². The average molecular weight is 316 g/mol. The summed E-state index contributed by atoms with van der Waals surface area (Å²) < 4.78 is 4.91. The van der Waals surface area contributed by atoms with Gasteiger partial charge in [-0.15, -0.1) is 0 Å². The quantitative estimate of drug-likeness (QED) is 0.630. The van der Waals surface area contributed by atoms with E-state index in [0.717, 1.165) is 17.7 Å². The number of nitrogens with one attached hydrogen (secondary N) is 1. The highest BCUT2D eigenvalue weighted by Gasteiger charge is 2.41. The lowest BCUT2D eigenvalue weighted by Gasteiger charge is -2.20. The van der Waals surface area contributed by atoms with Crippen molar-refractivity contribution in [3.8, 4) is 0 Å². The second kappa shape index (κ2) is 5.83. The second-order valence-corrected chi connectivity index (χ2v) is 5.65. The zero-order valence-electron chi connectivity index (χ0n) is 12.6. The summed E-state index contributed by atoms with van der Waals surface area (Å²) in [6.07, 6.45) is 1.87. The number of imide groups is 1. The van der Waals surface area contributed by atoms with Crippen LogP contribution in [0.25, 0.3) is 0 Å². The summed E-state index contributed by atoms with van der Waals surface area (Å²) in [7, 11) is 0. The molecule has 1 aliphatic heterocycles. The van der Waals surface area contributed by atoms with Crippen molar-refractivity contribution in [2.75, 3.05) is 6.61 Å². The van der Waals surface area contributed by atoms with E-state index in [1.54, 1.807) is 12.1 Å². The lowest BCUT2D eigenvalue weighted by atomic mass is 10.1. The third-order valence-electron chi connectivity index (χ3n) is 3.84. The standard InChI is InChI=1S/C16H16N2O5/c1-9(16(22)23-8-13(19)17-10-6-7-10)18-14(20)11-4-2-3-5-12(11)15(18)21/h2-5,9-10H,6-8H2,1H3,(H,17,19)/t9-/m1/s1. The first kappa shape index (κ1) is 15.2. The van der Waals surface area contributed by atoms with E-state index in [4.69, 9.17) is 4.74 Å². The molecule has 0 bridgehead atoms. The Labute approximate surface area is 132 Å². The van der Waals surface area contributed by atoms with Crippen LogP contribution < -0.4 is 5.32 Å². The van der Waals surface area contributed by atoms with E-state index in [2.05, 4.69) is 5.32 Å². The molecule has 23 heavy (non-hydrogen) atoms. The summed E-state index contributed by atoms with van der Waals surface area (Å²) in [5.74, 6) is -2.23. The third-order valence-corrected chi connectivity index (χ3v) is 3.84. The molecule has 3 rings (SSSR count). The van der Waals surface area contributed by atoms with Crippen LogP contribution in [-0.4, -0.2) is 47.3 Å². The van der Waals surface area contributed by atoms with Crippen LogP contribution in [0.1, 0.15) is 40.5 Å². The van der Waals surface area contributed by atoms with E-state index >= 15 is 0 Å². The van der Waals surface area contributed by atoms with Gasteiger partial charge in [0.1, 0.15) is 6.04 Å². The molecule has 1 aromatic rings. The van der Waals surface area contributed by atoms with Crippen molar-refractivity contribution in [1.29, 1.82) is 0 Å². The van der Waals surface area contributed by atoms with E-state index in [-0.39, 0.29) is 23.1 Å². The molecular formula is C16H16N2O5. The number of esters is 1. The van der Waals surface area contributed by atoms with E-state index in [1.165, 1.54) is 19.1 Å². The molecule has 7 heteroatoms. The number of carbonyl (C=O) groups excluding carboxylic acids is 4. The molecule has 0 spiro atoms. The summed E-state index contributed by atoms with van der Waals surface area (Å²) in [4.78, 5) is 48.9. The predicted molar refractivity (Wildman–Crippen MR) is 78.5 cm³/mol. The van der Waals surface area contributed by atoms with Gasteiger partial charge >= 0.3 is 5.97 Å². The largest absolute Gasteiger partial charge is 0.454 e. The van der Waals surface area contributed by atoms with Crippen LogP contribution in [-0.2, 0) is 14.3 Å². The van der Waals surface area contributed by atoms with Crippen LogP contribution >= 0.6 is 0 Å². The number of hydrogen-bond donors (Lipinski definition) is 1. The van der Waals surface area contributed by atoms with Crippen molar-refractivity contribution in [3.63, 3.8) is 0 Å².